The summed E-state index contributed by atoms with van der Waals surface area (Å²) >= 11 is 0. The second kappa shape index (κ2) is 9.84. The molecule has 2 aromatic carbocycles. The van der Waals surface area contributed by atoms with E-state index < -0.39 is 0 Å². The molecule has 2 atom stereocenters. The molecule has 0 spiro atoms. The van der Waals surface area contributed by atoms with Gasteiger partial charge in [-0.15, -0.1) is 5.10 Å². The number of hydrogen-bond donors (Lipinski definition) is 0. The Morgan fingerprint density at radius 2 is 1.82 bits per heavy atom. The zero-order valence-electron chi connectivity index (χ0n) is 18.8. The fourth-order valence-electron chi connectivity index (χ4n) is 4.72. The number of nitrogens with zero attached hydrogens (tertiary/aromatic N) is 6. The van der Waals surface area contributed by atoms with Crippen LogP contribution in [0.25, 0.3) is 0 Å². The van der Waals surface area contributed by atoms with E-state index in [0.717, 1.165) is 62.8 Å². The van der Waals surface area contributed by atoms with E-state index in [1.54, 1.807) is 7.11 Å². The largest absolute Gasteiger partial charge is 0.497 e. The summed E-state index contributed by atoms with van der Waals surface area (Å²) in [5.41, 5.74) is 2.16. The third-order valence-electron chi connectivity index (χ3n) is 6.51. The van der Waals surface area contributed by atoms with Gasteiger partial charge in [0.15, 0.2) is 5.82 Å². The number of tetrazole rings is 1. The molecule has 2 aliphatic rings. The lowest BCUT2D eigenvalue weighted by Gasteiger charge is -2.40. The predicted octanol–water partition coefficient (Wildman–Crippen LogP) is 2.91. The van der Waals surface area contributed by atoms with Crippen molar-refractivity contribution < 1.29 is 13.9 Å². The molecule has 0 unspecified atom stereocenters. The van der Waals surface area contributed by atoms with Crippen LogP contribution >= 0.6 is 0 Å². The minimum atomic E-state index is -0.249. The Morgan fingerprint density at radius 1 is 1.06 bits per heavy atom. The maximum absolute atomic E-state index is 13.7. The summed E-state index contributed by atoms with van der Waals surface area (Å²) in [7, 11) is 1.68. The lowest BCUT2D eigenvalue weighted by atomic mass is 10.0. The number of anilines is 1. The van der Waals surface area contributed by atoms with Crippen LogP contribution in [-0.2, 0) is 11.3 Å². The van der Waals surface area contributed by atoms with Crippen LogP contribution in [0.15, 0.2) is 48.5 Å². The molecule has 3 heterocycles. The Kier molecular flexibility index (Phi) is 6.50. The van der Waals surface area contributed by atoms with Gasteiger partial charge in [0.05, 0.1) is 25.8 Å². The topological polar surface area (TPSA) is 68.5 Å². The number of benzene rings is 2. The quantitative estimate of drug-likeness (QED) is 0.546. The molecule has 2 aliphatic heterocycles. The highest BCUT2D eigenvalue weighted by Crippen LogP contribution is 2.30. The average Bonchev–Trinajstić information content (AvgIpc) is 3.54. The van der Waals surface area contributed by atoms with E-state index in [-0.39, 0.29) is 18.0 Å². The van der Waals surface area contributed by atoms with Gasteiger partial charge in [0.2, 0.25) is 0 Å². The van der Waals surface area contributed by atoms with Crippen LogP contribution < -0.4 is 9.64 Å². The Bertz CT molecular complexity index is 1030. The molecule has 0 N–H and O–H groups in total. The van der Waals surface area contributed by atoms with Gasteiger partial charge in [-0.3, -0.25) is 4.90 Å². The smallest absolute Gasteiger partial charge is 0.173 e. The second-order valence-electron chi connectivity index (χ2n) is 8.53. The SMILES string of the molecule is COc1ccc(N2CCN([C@H](c3ccc(F)cc3)c3nnnn3C[C@@H]3CCCO3)CC2)cc1. The van der Waals surface area contributed by atoms with Gasteiger partial charge in [0, 0.05) is 38.5 Å². The van der Waals surface area contributed by atoms with E-state index in [1.165, 1.54) is 17.8 Å². The van der Waals surface area contributed by atoms with Gasteiger partial charge in [0.1, 0.15) is 11.6 Å². The van der Waals surface area contributed by atoms with E-state index >= 15 is 0 Å². The molecule has 174 valence electrons. The van der Waals surface area contributed by atoms with Crippen LogP contribution in [0, 0.1) is 5.82 Å². The van der Waals surface area contributed by atoms with Crippen LogP contribution in [0.4, 0.5) is 10.1 Å². The molecule has 0 bridgehead atoms. The fourth-order valence-corrected chi connectivity index (χ4v) is 4.72. The number of halogens is 1. The van der Waals surface area contributed by atoms with E-state index in [4.69, 9.17) is 9.47 Å². The van der Waals surface area contributed by atoms with Gasteiger partial charge in [-0.05, 0) is 65.2 Å². The summed E-state index contributed by atoms with van der Waals surface area (Å²) < 4.78 is 26.6. The van der Waals surface area contributed by atoms with Crippen molar-refractivity contribution in [1.29, 1.82) is 0 Å². The van der Waals surface area contributed by atoms with Gasteiger partial charge >= 0.3 is 0 Å². The third kappa shape index (κ3) is 4.84. The molecule has 0 aliphatic carbocycles. The van der Waals surface area contributed by atoms with Crippen LogP contribution in [0.3, 0.4) is 0 Å². The van der Waals surface area contributed by atoms with Crippen molar-refractivity contribution in [3.8, 4) is 5.75 Å². The summed E-state index contributed by atoms with van der Waals surface area (Å²) in [6.45, 7) is 4.83. The Labute approximate surface area is 192 Å². The first-order valence-corrected chi connectivity index (χ1v) is 11.5. The molecule has 5 rings (SSSR count). The minimum Gasteiger partial charge on any atom is -0.497 e. The molecule has 2 saturated heterocycles. The highest BCUT2D eigenvalue weighted by molar-refractivity contribution is 5.49. The highest BCUT2D eigenvalue weighted by Gasteiger charge is 2.31. The number of ether oxygens (including phenoxy) is 2. The second-order valence-corrected chi connectivity index (χ2v) is 8.53. The summed E-state index contributed by atoms with van der Waals surface area (Å²) in [6, 6.07) is 14.7. The van der Waals surface area contributed by atoms with Crippen molar-refractivity contribution in [3.05, 3.63) is 65.7 Å². The first-order chi connectivity index (χ1) is 16.2. The minimum absolute atomic E-state index is 0.132. The zero-order chi connectivity index (χ0) is 22.6. The Hall–Kier alpha value is -3.04. The molecule has 1 aromatic heterocycles. The van der Waals surface area contributed by atoms with Crippen LogP contribution in [0.5, 0.6) is 5.75 Å². The Balaban J connectivity index is 1.37. The predicted molar refractivity (Wildman–Crippen MR) is 122 cm³/mol. The molecule has 33 heavy (non-hydrogen) atoms. The fraction of sp³-hybridized carbons (Fsp3) is 0.458. The molecule has 0 radical (unpaired) electrons. The van der Waals surface area contributed by atoms with Crippen LogP contribution in [0.2, 0.25) is 0 Å². The van der Waals surface area contributed by atoms with Crippen molar-refractivity contribution >= 4 is 5.69 Å². The van der Waals surface area contributed by atoms with Gasteiger partial charge in [-0.1, -0.05) is 12.1 Å². The first kappa shape index (κ1) is 21.8. The molecular weight excluding hydrogens is 423 g/mol. The molecule has 9 heteroatoms. The lowest BCUT2D eigenvalue weighted by Crippen LogP contribution is -2.48. The number of piperazine rings is 1. The van der Waals surface area contributed by atoms with E-state index in [9.17, 15) is 4.39 Å². The molecule has 8 nitrogen and oxygen atoms in total. The van der Waals surface area contributed by atoms with Crippen LogP contribution in [-0.4, -0.2) is 71.1 Å². The Morgan fingerprint density at radius 3 is 2.48 bits per heavy atom. The standard InChI is InChI=1S/C24H29FN6O2/c1-32-21-10-8-20(9-11-21)29-12-14-30(15-13-29)23(18-4-6-19(25)7-5-18)24-26-27-28-31(24)17-22-3-2-16-33-22/h4-11,22-23H,2-3,12-17H2,1H3/t22-,23+/m0/s1. The summed E-state index contributed by atoms with van der Waals surface area (Å²) in [6.07, 6.45) is 2.21. The summed E-state index contributed by atoms with van der Waals surface area (Å²) in [4.78, 5) is 4.75. The van der Waals surface area contributed by atoms with Crippen molar-refractivity contribution in [3.63, 3.8) is 0 Å². The normalized spacial score (nSPS) is 20.2. The third-order valence-corrected chi connectivity index (χ3v) is 6.51. The maximum atomic E-state index is 13.7. The van der Waals surface area contributed by atoms with Gasteiger partial charge in [0.25, 0.3) is 0 Å². The lowest BCUT2D eigenvalue weighted by molar-refractivity contribution is 0.0906. The highest BCUT2D eigenvalue weighted by atomic mass is 19.1. The number of methoxy groups -OCH3 is 1. The maximum Gasteiger partial charge on any atom is 0.173 e. The molecule has 3 aromatic rings. The van der Waals surface area contributed by atoms with Crippen molar-refractivity contribution in [2.24, 2.45) is 0 Å². The van der Waals surface area contributed by atoms with Gasteiger partial charge in [-0.25, -0.2) is 9.07 Å². The van der Waals surface area contributed by atoms with Gasteiger partial charge < -0.3 is 14.4 Å². The van der Waals surface area contributed by atoms with E-state index in [0.29, 0.717) is 6.54 Å². The first-order valence-electron chi connectivity index (χ1n) is 11.5. The van der Waals surface area contributed by atoms with Crippen molar-refractivity contribution in [1.82, 2.24) is 25.1 Å². The monoisotopic (exact) mass is 452 g/mol. The van der Waals surface area contributed by atoms with Crippen molar-refractivity contribution in [2.45, 2.75) is 31.5 Å². The average molecular weight is 453 g/mol. The molecular formula is C24H29FN6O2. The zero-order valence-corrected chi connectivity index (χ0v) is 18.8. The molecule has 2 fully saturated rings. The van der Waals surface area contributed by atoms with Gasteiger partial charge in [-0.2, -0.15) is 0 Å². The summed E-state index contributed by atoms with van der Waals surface area (Å²) in [5.74, 6) is 1.38. The summed E-state index contributed by atoms with van der Waals surface area (Å²) in [5, 5.41) is 12.7. The van der Waals surface area contributed by atoms with Crippen LogP contribution in [0.1, 0.15) is 30.3 Å². The van der Waals surface area contributed by atoms with Crippen molar-refractivity contribution in [2.75, 3.05) is 44.8 Å². The van der Waals surface area contributed by atoms with E-state index in [1.807, 2.05) is 28.9 Å². The molecule has 0 amide bonds. The van der Waals surface area contributed by atoms with E-state index in [2.05, 4.69) is 37.5 Å². The number of rotatable bonds is 7. The number of aromatic nitrogens is 4. The number of hydrogen-bond acceptors (Lipinski definition) is 7. The molecule has 0 saturated carbocycles.